The lowest BCUT2D eigenvalue weighted by atomic mass is 10.1. The first-order valence-corrected chi connectivity index (χ1v) is 12.8. The third kappa shape index (κ3) is 7.26. The third-order valence-corrected chi connectivity index (χ3v) is 7.26. The lowest BCUT2D eigenvalue weighted by Crippen LogP contribution is -2.38. The van der Waals surface area contributed by atoms with Gasteiger partial charge in [-0.1, -0.05) is 18.2 Å². The van der Waals surface area contributed by atoms with Gasteiger partial charge in [-0.2, -0.15) is 13.2 Å². The number of alkyl halides is 3. The zero-order valence-corrected chi connectivity index (χ0v) is 22.6. The van der Waals surface area contributed by atoms with Crippen LogP contribution < -0.4 is 10.3 Å². The number of benzene rings is 1. The van der Waals surface area contributed by atoms with Crippen molar-refractivity contribution in [1.29, 1.82) is 0 Å². The Hall–Kier alpha value is -3.20. The number of hydrogen-bond donors (Lipinski definition) is 1. The Balaban J connectivity index is 0.000000532. The lowest BCUT2D eigenvalue weighted by molar-refractivity contribution is -0.192. The van der Waals surface area contributed by atoms with Crippen LogP contribution in [0.3, 0.4) is 0 Å². The Morgan fingerprint density at radius 1 is 1.18 bits per heavy atom. The minimum Gasteiger partial charge on any atom is -0.490 e. The Morgan fingerprint density at radius 2 is 1.82 bits per heavy atom. The molecule has 0 aliphatic carbocycles. The van der Waals surface area contributed by atoms with Crippen molar-refractivity contribution in [3.05, 3.63) is 39.5 Å². The number of rotatable bonds is 8. The molecule has 214 valence electrons. The number of thiophene rings is 1. The highest BCUT2D eigenvalue weighted by atomic mass is 32.1. The molecule has 0 unspecified atom stereocenters. The summed E-state index contributed by atoms with van der Waals surface area (Å²) in [6, 6.07) is 7.75. The molecule has 0 radical (unpaired) electrons. The molecule has 1 aliphatic heterocycles. The van der Waals surface area contributed by atoms with Gasteiger partial charge in [0.2, 0.25) is 0 Å². The van der Waals surface area contributed by atoms with Crippen LogP contribution in [-0.2, 0) is 21.3 Å². The van der Waals surface area contributed by atoms with Gasteiger partial charge in [-0.05, 0) is 6.07 Å². The maximum Gasteiger partial charge on any atom is 0.490 e. The number of para-hydroxylation sites is 1. The Bertz CT molecular complexity index is 1370. The normalized spacial score (nSPS) is 14.2. The van der Waals surface area contributed by atoms with Crippen molar-refractivity contribution in [2.45, 2.75) is 6.18 Å². The lowest BCUT2D eigenvalue weighted by Gasteiger charge is -2.26. The molecule has 1 fully saturated rings. The SMILES string of the molecule is COCCN(C)C(=O)c1sc2c(c1OCCN1CCOCC1)c(=O)n(C)c1ccccc21.O=C(O)C(F)(F)F. The molecule has 1 saturated heterocycles. The quantitative estimate of drug-likeness (QED) is 0.438. The number of ether oxygens (including phenoxy) is 3. The van der Waals surface area contributed by atoms with Crippen molar-refractivity contribution in [3.8, 4) is 5.75 Å². The number of nitrogens with zero attached hydrogens (tertiary/aromatic N) is 3. The summed E-state index contributed by atoms with van der Waals surface area (Å²) >= 11 is 1.33. The minimum atomic E-state index is -5.08. The highest BCUT2D eigenvalue weighted by Crippen LogP contribution is 2.40. The molecule has 1 N–H and O–H groups in total. The van der Waals surface area contributed by atoms with Crippen LogP contribution >= 0.6 is 11.3 Å². The number of amides is 1. The molecule has 0 spiro atoms. The van der Waals surface area contributed by atoms with Gasteiger partial charge in [0.1, 0.15) is 16.9 Å². The summed E-state index contributed by atoms with van der Waals surface area (Å²) in [5.74, 6) is -2.54. The van der Waals surface area contributed by atoms with E-state index in [1.54, 1.807) is 30.7 Å². The van der Waals surface area contributed by atoms with Crippen molar-refractivity contribution in [2.75, 3.05) is 66.8 Å². The number of fused-ring (bicyclic) bond motifs is 3. The van der Waals surface area contributed by atoms with Crippen LogP contribution in [-0.4, -0.2) is 104 Å². The van der Waals surface area contributed by atoms with E-state index in [2.05, 4.69) is 4.90 Å². The number of morpholine rings is 1. The molecule has 2 aromatic heterocycles. The fourth-order valence-corrected chi connectivity index (χ4v) is 5.18. The average molecular weight is 574 g/mol. The topological polar surface area (TPSA) is 111 Å². The van der Waals surface area contributed by atoms with Crippen LogP contribution in [0.2, 0.25) is 0 Å². The summed E-state index contributed by atoms with van der Waals surface area (Å²) in [4.78, 5) is 39.8. The summed E-state index contributed by atoms with van der Waals surface area (Å²) in [5.41, 5.74) is 0.674. The van der Waals surface area contributed by atoms with Gasteiger partial charge in [0.15, 0.2) is 5.75 Å². The van der Waals surface area contributed by atoms with Crippen molar-refractivity contribution >= 4 is 44.2 Å². The molecule has 1 amide bonds. The molecule has 0 bridgehead atoms. The van der Waals surface area contributed by atoms with E-state index < -0.39 is 12.1 Å². The van der Waals surface area contributed by atoms with E-state index >= 15 is 0 Å². The average Bonchev–Trinajstić information content (AvgIpc) is 3.30. The first kappa shape index (κ1) is 30.3. The second kappa shape index (κ2) is 13.2. The van der Waals surface area contributed by atoms with Gasteiger partial charge in [0.25, 0.3) is 11.5 Å². The van der Waals surface area contributed by atoms with Crippen LogP contribution in [0.1, 0.15) is 9.67 Å². The molecule has 1 aromatic carbocycles. The summed E-state index contributed by atoms with van der Waals surface area (Å²) in [7, 11) is 5.10. The first-order valence-electron chi connectivity index (χ1n) is 12.0. The molecule has 14 heteroatoms. The summed E-state index contributed by atoms with van der Waals surface area (Å²) in [6.45, 7) is 5.12. The molecule has 0 atom stereocenters. The van der Waals surface area contributed by atoms with Crippen LogP contribution in [0.4, 0.5) is 13.2 Å². The number of carboxylic acid groups (broad SMARTS) is 1. The van der Waals surface area contributed by atoms with Gasteiger partial charge in [0, 0.05) is 52.8 Å². The standard InChI is InChI=1S/C23H29N3O5S.C2HF3O2/c1-24(8-12-29-3)23(28)21-19(31-15-11-26-9-13-30-14-10-26)18-20(32-21)16-6-4-5-7-17(16)25(2)22(18)27;3-2(4,5)1(6)7/h4-7H,8-15H2,1-3H3;(H,6,7). The molecule has 3 heterocycles. The molecule has 4 rings (SSSR count). The predicted molar refractivity (Wildman–Crippen MR) is 140 cm³/mol. The van der Waals surface area contributed by atoms with Gasteiger partial charge in [-0.25, -0.2) is 4.79 Å². The van der Waals surface area contributed by atoms with E-state index in [4.69, 9.17) is 24.1 Å². The number of hydrogen-bond acceptors (Lipinski definition) is 8. The number of aliphatic carboxylic acids is 1. The van der Waals surface area contributed by atoms with Gasteiger partial charge < -0.3 is 28.8 Å². The molecular weight excluding hydrogens is 543 g/mol. The van der Waals surface area contributed by atoms with Gasteiger partial charge in [0.05, 0.1) is 30.0 Å². The minimum absolute atomic E-state index is 0.157. The zero-order chi connectivity index (χ0) is 28.7. The van der Waals surface area contributed by atoms with E-state index in [0.717, 1.165) is 28.7 Å². The first-order chi connectivity index (χ1) is 18.5. The van der Waals surface area contributed by atoms with Crippen molar-refractivity contribution < 1.29 is 42.1 Å². The Kier molecular flexibility index (Phi) is 10.3. The van der Waals surface area contributed by atoms with Crippen LogP contribution in [0.5, 0.6) is 5.75 Å². The molecule has 3 aromatic rings. The van der Waals surface area contributed by atoms with Crippen molar-refractivity contribution in [2.24, 2.45) is 7.05 Å². The summed E-state index contributed by atoms with van der Waals surface area (Å²) < 4.78 is 50.9. The Morgan fingerprint density at radius 3 is 2.44 bits per heavy atom. The fraction of sp³-hybridized carbons (Fsp3) is 0.480. The van der Waals surface area contributed by atoms with E-state index in [9.17, 15) is 22.8 Å². The van der Waals surface area contributed by atoms with E-state index in [-0.39, 0.29) is 11.5 Å². The molecule has 0 saturated carbocycles. The van der Waals surface area contributed by atoms with Crippen LogP contribution in [0, 0.1) is 0 Å². The predicted octanol–water partition coefficient (Wildman–Crippen LogP) is 2.82. The monoisotopic (exact) mass is 573 g/mol. The van der Waals surface area contributed by atoms with Gasteiger partial charge in [-0.3, -0.25) is 14.5 Å². The molecule has 10 nitrogen and oxygen atoms in total. The van der Waals surface area contributed by atoms with E-state index in [1.807, 2.05) is 24.3 Å². The van der Waals surface area contributed by atoms with Crippen molar-refractivity contribution in [1.82, 2.24) is 14.4 Å². The number of aromatic nitrogens is 1. The number of carbonyl (C=O) groups excluding carboxylic acids is 1. The van der Waals surface area contributed by atoms with Crippen molar-refractivity contribution in [3.63, 3.8) is 0 Å². The zero-order valence-electron chi connectivity index (χ0n) is 21.7. The molecule has 1 aliphatic rings. The van der Waals surface area contributed by atoms with E-state index in [1.165, 1.54) is 11.3 Å². The van der Waals surface area contributed by atoms with Crippen LogP contribution in [0.25, 0.3) is 21.0 Å². The van der Waals surface area contributed by atoms with Gasteiger partial charge >= 0.3 is 12.1 Å². The second-order valence-electron chi connectivity index (χ2n) is 8.67. The van der Waals surface area contributed by atoms with E-state index in [0.29, 0.717) is 55.5 Å². The highest BCUT2D eigenvalue weighted by molar-refractivity contribution is 7.22. The number of carboxylic acids is 1. The molecule has 39 heavy (non-hydrogen) atoms. The number of halogens is 3. The maximum absolute atomic E-state index is 13.3. The number of likely N-dealkylation sites (N-methyl/N-ethyl adjacent to an activating group) is 1. The fourth-order valence-electron chi connectivity index (χ4n) is 3.92. The number of carbonyl (C=O) groups is 2. The summed E-state index contributed by atoms with van der Waals surface area (Å²) in [5, 5.41) is 8.54. The number of pyridine rings is 1. The second-order valence-corrected chi connectivity index (χ2v) is 9.69. The number of aryl methyl sites for hydroxylation is 1. The number of methoxy groups -OCH3 is 1. The van der Waals surface area contributed by atoms with Gasteiger partial charge in [-0.15, -0.1) is 11.3 Å². The molecular formula is C25H30F3N3O7S. The third-order valence-electron chi connectivity index (χ3n) is 6.06. The summed E-state index contributed by atoms with van der Waals surface area (Å²) in [6.07, 6.45) is -5.08. The smallest absolute Gasteiger partial charge is 0.490 e. The Labute approximate surface area is 226 Å². The van der Waals surface area contributed by atoms with Crippen LogP contribution in [0.15, 0.2) is 29.1 Å². The maximum atomic E-state index is 13.3. The highest BCUT2D eigenvalue weighted by Gasteiger charge is 2.38. The largest absolute Gasteiger partial charge is 0.490 e.